The van der Waals surface area contributed by atoms with E-state index in [1.54, 1.807) is 30.6 Å². The van der Waals surface area contributed by atoms with E-state index in [-0.39, 0.29) is 11.9 Å². The van der Waals surface area contributed by atoms with Crippen molar-refractivity contribution in [2.75, 3.05) is 6.54 Å². The summed E-state index contributed by atoms with van der Waals surface area (Å²) in [6.07, 6.45) is 4.01. The minimum atomic E-state index is -0.108. The van der Waals surface area contributed by atoms with Gasteiger partial charge in [0.15, 0.2) is 0 Å². The molecule has 2 aromatic rings. The molecule has 94 valence electrons. The number of carbonyl (C=O) groups is 1. The molecule has 5 nitrogen and oxygen atoms in total. The number of rotatable bonds is 4. The maximum atomic E-state index is 12.0. The predicted molar refractivity (Wildman–Crippen MR) is 70.1 cm³/mol. The fraction of sp³-hybridized carbons (Fsp3) is 0.308. The Labute approximate surface area is 105 Å². The van der Waals surface area contributed by atoms with Crippen LogP contribution >= 0.6 is 0 Å². The minimum absolute atomic E-state index is 0.0695. The number of hydrogen-bond acceptors (Lipinski definition) is 4. The van der Waals surface area contributed by atoms with Crippen molar-refractivity contribution < 1.29 is 4.79 Å². The van der Waals surface area contributed by atoms with Crippen LogP contribution < -0.4 is 11.1 Å². The van der Waals surface area contributed by atoms with Crippen LogP contribution in [0.5, 0.6) is 0 Å². The number of nitrogens with two attached hydrogens (primary N) is 1. The van der Waals surface area contributed by atoms with Gasteiger partial charge in [0.1, 0.15) is 0 Å². The summed E-state index contributed by atoms with van der Waals surface area (Å²) in [4.78, 5) is 20.3. The highest BCUT2D eigenvalue weighted by Gasteiger charge is 2.10. The van der Waals surface area contributed by atoms with Gasteiger partial charge in [-0.2, -0.15) is 0 Å². The third-order valence-corrected chi connectivity index (χ3v) is 2.71. The zero-order valence-corrected chi connectivity index (χ0v) is 10.3. The van der Waals surface area contributed by atoms with Crippen LogP contribution in [0.4, 0.5) is 0 Å². The molecule has 0 saturated carbocycles. The number of nitrogens with zero attached hydrogens (tertiary/aromatic N) is 2. The van der Waals surface area contributed by atoms with Crippen molar-refractivity contribution in [3.8, 4) is 0 Å². The largest absolute Gasteiger partial charge is 0.350 e. The van der Waals surface area contributed by atoms with E-state index in [1.807, 2.05) is 6.92 Å². The fourth-order valence-electron chi connectivity index (χ4n) is 1.73. The molecule has 1 unspecified atom stereocenters. The molecule has 1 amide bonds. The summed E-state index contributed by atoms with van der Waals surface area (Å²) in [6.45, 7) is 2.50. The molecule has 0 aliphatic carbocycles. The van der Waals surface area contributed by atoms with Crippen LogP contribution in [0.2, 0.25) is 0 Å². The summed E-state index contributed by atoms with van der Waals surface area (Å²) in [6, 6.07) is 5.36. The molecule has 0 spiro atoms. The Morgan fingerprint density at radius 1 is 1.33 bits per heavy atom. The highest BCUT2D eigenvalue weighted by molar-refractivity contribution is 5.97. The molecule has 0 bridgehead atoms. The van der Waals surface area contributed by atoms with Crippen molar-refractivity contribution >= 4 is 16.9 Å². The average molecular weight is 244 g/mol. The minimum Gasteiger partial charge on any atom is -0.350 e. The van der Waals surface area contributed by atoms with Crippen LogP contribution in [0, 0.1) is 0 Å². The van der Waals surface area contributed by atoms with Gasteiger partial charge in [-0.25, -0.2) is 0 Å². The lowest BCUT2D eigenvalue weighted by atomic mass is 10.1. The molecule has 1 aromatic heterocycles. The molecule has 1 aromatic carbocycles. The molecule has 2 rings (SSSR count). The van der Waals surface area contributed by atoms with Crippen molar-refractivity contribution in [2.24, 2.45) is 5.73 Å². The Balaban J connectivity index is 2.17. The Hall–Kier alpha value is -2.01. The van der Waals surface area contributed by atoms with E-state index in [2.05, 4.69) is 15.3 Å². The van der Waals surface area contributed by atoms with Crippen molar-refractivity contribution in [1.82, 2.24) is 15.3 Å². The average Bonchev–Trinajstić information content (AvgIpc) is 2.38. The molecular formula is C13H16N4O. The Morgan fingerprint density at radius 2 is 2.06 bits per heavy atom. The molecule has 0 aliphatic heterocycles. The second-order valence-corrected chi connectivity index (χ2v) is 4.21. The standard InChI is InChI=1S/C13H16N4O/c1-9(4-5-14)17-13(18)10-2-3-11-12(8-10)16-7-6-15-11/h2-3,6-9H,4-5,14H2,1H3,(H,17,18). The zero-order valence-electron chi connectivity index (χ0n) is 10.3. The van der Waals surface area contributed by atoms with Gasteiger partial charge in [-0.15, -0.1) is 0 Å². The molecule has 1 atom stereocenters. The van der Waals surface area contributed by atoms with Crippen LogP contribution in [-0.2, 0) is 0 Å². The smallest absolute Gasteiger partial charge is 0.251 e. The number of amides is 1. The quantitative estimate of drug-likeness (QED) is 0.843. The molecule has 1 heterocycles. The Morgan fingerprint density at radius 3 is 2.78 bits per heavy atom. The predicted octanol–water partition coefficient (Wildman–Crippen LogP) is 1.10. The number of hydrogen-bond donors (Lipinski definition) is 2. The van der Waals surface area contributed by atoms with Gasteiger partial charge in [0.2, 0.25) is 0 Å². The Kier molecular flexibility index (Phi) is 3.84. The van der Waals surface area contributed by atoms with Gasteiger partial charge in [-0.3, -0.25) is 14.8 Å². The summed E-state index contributed by atoms with van der Waals surface area (Å²) < 4.78 is 0. The molecule has 18 heavy (non-hydrogen) atoms. The first-order chi connectivity index (χ1) is 8.70. The van der Waals surface area contributed by atoms with Crippen molar-refractivity contribution in [3.63, 3.8) is 0 Å². The summed E-state index contributed by atoms with van der Waals surface area (Å²) in [5, 5.41) is 2.89. The summed E-state index contributed by atoms with van der Waals surface area (Å²) in [5.74, 6) is -0.108. The monoisotopic (exact) mass is 244 g/mol. The first-order valence-electron chi connectivity index (χ1n) is 5.92. The number of carbonyl (C=O) groups excluding carboxylic acids is 1. The molecule has 0 radical (unpaired) electrons. The lowest BCUT2D eigenvalue weighted by Gasteiger charge is -2.12. The van der Waals surface area contributed by atoms with E-state index in [0.29, 0.717) is 12.1 Å². The maximum absolute atomic E-state index is 12.0. The van der Waals surface area contributed by atoms with Crippen molar-refractivity contribution in [1.29, 1.82) is 0 Å². The second kappa shape index (κ2) is 5.55. The van der Waals surface area contributed by atoms with Crippen LogP contribution in [0.15, 0.2) is 30.6 Å². The number of nitrogens with one attached hydrogen (secondary N) is 1. The van der Waals surface area contributed by atoms with Crippen molar-refractivity contribution in [2.45, 2.75) is 19.4 Å². The van der Waals surface area contributed by atoms with Crippen molar-refractivity contribution in [3.05, 3.63) is 36.2 Å². The topological polar surface area (TPSA) is 80.9 Å². The molecule has 0 fully saturated rings. The van der Waals surface area contributed by atoms with E-state index < -0.39 is 0 Å². The maximum Gasteiger partial charge on any atom is 0.251 e. The molecule has 0 saturated heterocycles. The lowest BCUT2D eigenvalue weighted by Crippen LogP contribution is -2.34. The molecular weight excluding hydrogens is 228 g/mol. The van der Waals surface area contributed by atoms with Crippen LogP contribution in [-0.4, -0.2) is 28.5 Å². The first-order valence-corrected chi connectivity index (χ1v) is 5.92. The van der Waals surface area contributed by atoms with Gasteiger partial charge >= 0.3 is 0 Å². The number of benzene rings is 1. The highest BCUT2D eigenvalue weighted by Crippen LogP contribution is 2.11. The lowest BCUT2D eigenvalue weighted by molar-refractivity contribution is 0.0939. The fourth-order valence-corrected chi connectivity index (χ4v) is 1.73. The van der Waals surface area contributed by atoms with Crippen LogP contribution in [0.25, 0.3) is 11.0 Å². The highest BCUT2D eigenvalue weighted by atomic mass is 16.1. The van der Waals surface area contributed by atoms with Gasteiger partial charge in [0.05, 0.1) is 11.0 Å². The van der Waals surface area contributed by atoms with Crippen LogP contribution in [0.1, 0.15) is 23.7 Å². The molecule has 3 N–H and O–H groups in total. The van der Waals surface area contributed by atoms with E-state index in [4.69, 9.17) is 5.73 Å². The number of fused-ring (bicyclic) bond motifs is 1. The van der Waals surface area contributed by atoms with E-state index in [0.717, 1.165) is 17.5 Å². The zero-order chi connectivity index (χ0) is 13.0. The van der Waals surface area contributed by atoms with E-state index >= 15 is 0 Å². The third kappa shape index (κ3) is 2.81. The normalized spacial score (nSPS) is 12.3. The van der Waals surface area contributed by atoms with Gasteiger partial charge in [0.25, 0.3) is 5.91 Å². The van der Waals surface area contributed by atoms with Crippen LogP contribution in [0.3, 0.4) is 0 Å². The summed E-state index contributed by atoms with van der Waals surface area (Å²) in [5.41, 5.74) is 7.54. The SMILES string of the molecule is CC(CCN)NC(=O)c1ccc2nccnc2c1. The van der Waals surface area contributed by atoms with Gasteiger partial charge < -0.3 is 11.1 Å². The van der Waals surface area contributed by atoms with E-state index in [1.165, 1.54) is 0 Å². The summed E-state index contributed by atoms with van der Waals surface area (Å²) >= 11 is 0. The van der Waals surface area contributed by atoms with Gasteiger partial charge in [-0.05, 0) is 38.1 Å². The van der Waals surface area contributed by atoms with Gasteiger partial charge in [-0.1, -0.05) is 0 Å². The Bertz CT molecular complexity index is 555. The molecule has 5 heteroatoms. The second-order valence-electron chi connectivity index (χ2n) is 4.21. The number of aromatic nitrogens is 2. The molecule has 0 aliphatic rings. The summed E-state index contributed by atoms with van der Waals surface area (Å²) in [7, 11) is 0. The first kappa shape index (κ1) is 12.4. The third-order valence-electron chi connectivity index (χ3n) is 2.71. The van der Waals surface area contributed by atoms with E-state index in [9.17, 15) is 4.79 Å². The van der Waals surface area contributed by atoms with Gasteiger partial charge in [0, 0.05) is 24.0 Å².